The van der Waals surface area contributed by atoms with Crippen molar-refractivity contribution in [2.24, 2.45) is 11.8 Å². The van der Waals surface area contributed by atoms with Gasteiger partial charge in [-0.25, -0.2) is 4.79 Å². The molecular formula is C14H21N3O. The van der Waals surface area contributed by atoms with E-state index in [1.165, 1.54) is 6.42 Å². The number of piperidine rings is 1. The molecule has 4 nitrogen and oxygen atoms in total. The Morgan fingerprint density at radius 2 is 2.11 bits per heavy atom. The third kappa shape index (κ3) is 3.45. The van der Waals surface area contributed by atoms with Gasteiger partial charge < -0.3 is 10.2 Å². The number of carbonyl (C=O) groups excluding carboxylic acids is 1. The average molecular weight is 247 g/mol. The van der Waals surface area contributed by atoms with Crippen molar-refractivity contribution in [2.75, 3.05) is 13.1 Å². The summed E-state index contributed by atoms with van der Waals surface area (Å²) in [5.41, 5.74) is 0.893. The molecule has 0 aliphatic carbocycles. The van der Waals surface area contributed by atoms with Crippen LogP contribution in [0.15, 0.2) is 24.4 Å². The summed E-state index contributed by atoms with van der Waals surface area (Å²) in [6.45, 7) is 6.62. The normalized spacial score (nSPS) is 23.8. The molecule has 1 fully saturated rings. The van der Waals surface area contributed by atoms with Crippen LogP contribution in [-0.4, -0.2) is 29.0 Å². The number of urea groups is 1. The first-order chi connectivity index (χ1) is 8.65. The molecule has 1 N–H and O–H groups in total. The van der Waals surface area contributed by atoms with Gasteiger partial charge in [0.1, 0.15) is 0 Å². The number of carbonyl (C=O) groups is 1. The fourth-order valence-electron chi connectivity index (χ4n) is 2.61. The Balaban J connectivity index is 1.84. The Morgan fingerprint density at radius 3 is 2.72 bits per heavy atom. The lowest BCUT2D eigenvalue weighted by Crippen LogP contribution is -2.47. The van der Waals surface area contributed by atoms with Gasteiger partial charge in [-0.1, -0.05) is 19.9 Å². The number of nitrogens with zero attached hydrogens (tertiary/aromatic N) is 2. The monoisotopic (exact) mass is 247 g/mol. The van der Waals surface area contributed by atoms with Gasteiger partial charge in [0.15, 0.2) is 0 Å². The van der Waals surface area contributed by atoms with E-state index in [1.54, 1.807) is 6.20 Å². The Hall–Kier alpha value is -1.58. The van der Waals surface area contributed by atoms with Crippen molar-refractivity contribution in [3.8, 4) is 0 Å². The third-order valence-electron chi connectivity index (χ3n) is 3.30. The number of hydrogen-bond donors (Lipinski definition) is 1. The van der Waals surface area contributed by atoms with E-state index in [-0.39, 0.29) is 6.03 Å². The van der Waals surface area contributed by atoms with E-state index in [1.807, 2.05) is 23.1 Å². The van der Waals surface area contributed by atoms with Gasteiger partial charge in [-0.2, -0.15) is 0 Å². The van der Waals surface area contributed by atoms with Gasteiger partial charge in [-0.3, -0.25) is 4.98 Å². The minimum Gasteiger partial charge on any atom is -0.332 e. The van der Waals surface area contributed by atoms with Crippen LogP contribution in [0.3, 0.4) is 0 Å². The summed E-state index contributed by atoms with van der Waals surface area (Å²) >= 11 is 0. The highest BCUT2D eigenvalue weighted by molar-refractivity contribution is 5.74. The summed E-state index contributed by atoms with van der Waals surface area (Å²) in [6.07, 6.45) is 2.95. The minimum atomic E-state index is 0.0269. The maximum atomic E-state index is 12.0. The molecule has 4 heteroatoms. The van der Waals surface area contributed by atoms with Crippen molar-refractivity contribution in [1.29, 1.82) is 0 Å². The van der Waals surface area contributed by atoms with Gasteiger partial charge in [0.05, 0.1) is 12.2 Å². The molecule has 2 rings (SSSR count). The van der Waals surface area contributed by atoms with Gasteiger partial charge in [0, 0.05) is 19.3 Å². The first-order valence-electron chi connectivity index (χ1n) is 6.58. The molecule has 1 aromatic rings. The minimum absolute atomic E-state index is 0.0269. The van der Waals surface area contributed by atoms with Gasteiger partial charge in [-0.15, -0.1) is 0 Å². The Morgan fingerprint density at radius 1 is 1.39 bits per heavy atom. The zero-order valence-corrected chi connectivity index (χ0v) is 11.1. The molecule has 1 aromatic heterocycles. The summed E-state index contributed by atoms with van der Waals surface area (Å²) in [7, 11) is 0. The van der Waals surface area contributed by atoms with Crippen LogP contribution < -0.4 is 5.32 Å². The van der Waals surface area contributed by atoms with Crippen molar-refractivity contribution in [3.05, 3.63) is 30.1 Å². The lowest BCUT2D eigenvalue weighted by Gasteiger charge is -2.34. The summed E-state index contributed by atoms with van der Waals surface area (Å²) in [6, 6.07) is 5.75. The Bertz CT molecular complexity index is 383. The van der Waals surface area contributed by atoms with E-state index in [0.29, 0.717) is 18.4 Å². The molecule has 0 aromatic carbocycles. The molecule has 2 atom stereocenters. The Labute approximate surface area is 108 Å². The second-order valence-electron chi connectivity index (χ2n) is 5.33. The molecule has 0 saturated carbocycles. The van der Waals surface area contributed by atoms with Gasteiger partial charge >= 0.3 is 6.03 Å². The van der Waals surface area contributed by atoms with Crippen LogP contribution >= 0.6 is 0 Å². The molecule has 1 aliphatic heterocycles. The molecule has 98 valence electrons. The molecule has 2 heterocycles. The highest BCUT2D eigenvalue weighted by Gasteiger charge is 2.25. The summed E-state index contributed by atoms with van der Waals surface area (Å²) in [4.78, 5) is 18.2. The van der Waals surface area contributed by atoms with Crippen LogP contribution in [0.4, 0.5) is 4.79 Å². The molecule has 2 amide bonds. The van der Waals surface area contributed by atoms with Crippen molar-refractivity contribution >= 4 is 6.03 Å². The van der Waals surface area contributed by atoms with Crippen molar-refractivity contribution in [3.63, 3.8) is 0 Å². The molecule has 0 spiro atoms. The lowest BCUT2D eigenvalue weighted by molar-refractivity contribution is 0.146. The van der Waals surface area contributed by atoms with Gasteiger partial charge in [-0.05, 0) is 30.4 Å². The summed E-state index contributed by atoms with van der Waals surface area (Å²) < 4.78 is 0. The highest BCUT2D eigenvalue weighted by atomic mass is 16.2. The second kappa shape index (κ2) is 5.85. The number of likely N-dealkylation sites (tertiary alicyclic amines) is 1. The predicted octanol–water partition coefficient (Wildman–Crippen LogP) is 2.27. The molecule has 2 unspecified atom stereocenters. The van der Waals surface area contributed by atoms with E-state index >= 15 is 0 Å². The van der Waals surface area contributed by atoms with E-state index in [0.717, 1.165) is 18.8 Å². The Kier molecular flexibility index (Phi) is 4.18. The standard InChI is InChI=1S/C14H21N3O/c1-11-7-12(2)10-17(9-11)14(18)16-8-13-5-3-4-6-15-13/h3-6,11-12H,7-10H2,1-2H3,(H,16,18). The van der Waals surface area contributed by atoms with Crippen LogP contribution in [0.5, 0.6) is 0 Å². The summed E-state index contributed by atoms with van der Waals surface area (Å²) in [5, 5.41) is 2.93. The maximum absolute atomic E-state index is 12.0. The number of nitrogens with one attached hydrogen (secondary N) is 1. The van der Waals surface area contributed by atoms with Crippen LogP contribution in [0.1, 0.15) is 26.0 Å². The number of aromatic nitrogens is 1. The predicted molar refractivity (Wildman–Crippen MR) is 71.0 cm³/mol. The van der Waals surface area contributed by atoms with Crippen molar-refractivity contribution < 1.29 is 4.79 Å². The molecule has 0 radical (unpaired) electrons. The fourth-order valence-corrected chi connectivity index (χ4v) is 2.61. The maximum Gasteiger partial charge on any atom is 0.317 e. The molecular weight excluding hydrogens is 226 g/mol. The zero-order valence-electron chi connectivity index (χ0n) is 11.1. The number of hydrogen-bond acceptors (Lipinski definition) is 2. The van der Waals surface area contributed by atoms with Crippen LogP contribution in [0.2, 0.25) is 0 Å². The zero-order chi connectivity index (χ0) is 13.0. The largest absolute Gasteiger partial charge is 0.332 e. The van der Waals surface area contributed by atoms with Crippen LogP contribution in [0, 0.1) is 11.8 Å². The first kappa shape index (κ1) is 12.9. The van der Waals surface area contributed by atoms with E-state index < -0.39 is 0 Å². The van der Waals surface area contributed by atoms with Gasteiger partial charge in [0.2, 0.25) is 0 Å². The molecule has 18 heavy (non-hydrogen) atoms. The quantitative estimate of drug-likeness (QED) is 0.871. The number of amides is 2. The summed E-state index contributed by atoms with van der Waals surface area (Å²) in [5.74, 6) is 1.18. The fraction of sp³-hybridized carbons (Fsp3) is 0.571. The first-order valence-corrected chi connectivity index (χ1v) is 6.58. The van der Waals surface area contributed by atoms with E-state index in [4.69, 9.17) is 0 Å². The highest BCUT2D eigenvalue weighted by Crippen LogP contribution is 2.20. The number of pyridine rings is 1. The van der Waals surface area contributed by atoms with Crippen molar-refractivity contribution in [2.45, 2.75) is 26.8 Å². The van der Waals surface area contributed by atoms with Crippen LogP contribution in [0.25, 0.3) is 0 Å². The van der Waals surface area contributed by atoms with Crippen molar-refractivity contribution in [1.82, 2.24) is 15.2 Å². The molecule has 0 bridgehead atoms. The smallest absolute Gasteiger partial charge is 0.317 e. The van der Waals surface area contributed by atoms with E-state index in [2.05, 4.69) is 24.1 Å². The van der Waals surface area contributed by atoms with E-state index in [9.17, 15) is 4.79 Å². The second-order valence-corrected chi connectivity index (χ2v) is 5.33. The SMILES string of the molecule is CC1CC(C)CN(C(=O)NCc2ccccn2)C1. The van der Waals surface area contributed by atoms with Gasteiger partial charge in [0.25, 0.3) is 0 Å². The van der Waals surface area contributed by atoms with Crippen LogP contribution in [-0.2, 0) is 6.54 Å². The number of rotatable bonds is 2. The third-order valence-corrected chi connectivity index (χ3v) is 3.30. The average Bonchev–Trinajstić information content (AvgIpc) is 2.36. The molecule has 1 aliphatic rings. The lowest BCUT2D eigenvalue weighted by atomic mass is 9.92. The molecule has 1 saturated heterocycles. The topological polar surface area (TPSA) is 45.2 Å².